The van der Waals surface area contributed by atoms with Crippen molar-refractivity contribution >= 4 is 5.69 Å². The van der Waals surface area contributed by atoms with E-state index < -0.39 is 12.6 Å². The van der Waals surface area contributed by atoms with Crippen molar-refractivity contribution in [3.63, 3.8) is 0 Å². The maximum Gasteiger partial charge on any atom is 0.389 e. The topological polar surface area (TPSA) is 12.0 Å². The van der Waals surface area contributed by atoms with Gasteiger partial charge in [-0.3, -0.25) is 0 Å². The minimum Gasteiger partial charge on any atom is -0.385 e. The summed E-state index contributed by atoms with van der Waals surface area (Å²) in [5.74, 6) is 0. The second-order valence-corrected chi connectivity index (χ2v) is 4.07. The first-order chi connectivity index (χ1) is 8.08. The van der Waals surface area contributed by atoms with E-state index in [1.165, 1.54) is 0 Å². The molecule has 0 aliphatic rings. The molecule has 1 rings (SSSR count). The molecule has 0 aliphatic heterocycles. The molecule has 0 atom stereocenters. The molecule has 0 aromatic heterocycles. The first kappa shape index (κ1) is 13.9. The van der Waals surface area contributed by atoms with Crippen LogP contribution in [0.25, 0.3) is 0 Å². The molecule has 1 N–H and O–H groups in total. The fourth-order valence-electron chi connectivity index (χ4n) is 1.59. The van der Waals surface area contributed by atoms with Gasteiger partial charge in [0.2, 0.25) is 0 Å². The lowest BCUT2D eigenvalue weighted by atomic mass is 10.1. The van der Waals surface area contributed by atoms with Gasteiger partial charge in [0.1, 0.15) is 0 Å². The number of hydrogen-bond donors (Lipinski definition) is 1. The van der Waals surface area contributed by atoms with Crippen LogP contribution in [0.1, 0.15) is 32.1 Å². The number of alkyl halides is 3. The largest absolute Gasteiger partial charge is 0.389 e. The minimum absolute atomic E-state index is 0.245. The number of benzene rings is 1. The number of anilines is 1. The molecule has 96 valence electrons. The van der Waals surface area contributed by atoms with E-state index in [0.29, 0.717) is 6.42 Å². The van der Waals surface area contributed by atoms with E-state index in [4.69, 9.17) is 0 Å². The van der Waals surface area contributed by atoms with E-state index in [-0.39, 0.29) is 6.42 Å². The van der Waals surface area contributed by atoms with E-state index in [9.17, 15) is 13.2 Å². The predicted octanol–water partition coefficient (Wildman–Crippen LogP) is 4.61. The van der Waals surface area contributed by atoms with Gasteiger partial charge in [-0.25, -0.2) is 0 Å². The van der Waals surface area contributed by atoms with Crippen LogP contribution in [0, 0.1) is 0 Å². The first-order valence-corrected chi connectivity index (χ1v) is 5.93. The van der Waals surface area contributed by atoms with E-state index >= 15 is 0 Å². The molecule has 0 spiro atoms. The standard InChI is InChI=1S/C13H18F3N/c14-13(15,16)10-6-1-2-7-11-17-12-8-4-3-5-9-12/h3-5,8-9,17H,1-2,6-7,10-11H2. The molecule has 0 aliphatic carbocycles. The van der Waals surface area contributed by atoms with Crippen LogP contribution in [0.4, 0.5) is 18.9 Å². The number of hydrogen-bond acceptors (Lipinski definition) is 1. The van der Waals surface area contributed by atoms with Gasteiger partial charge in [-0.15, -0.1) is 0 Å². The highest BCUT2D eigenvalue weighted by molar-refractivity contribution is 5.42. The van der Waals surface area contributed by atoms with Gasteiger partial charge in [-0.05, 0) is 25.0 Å². The van der Waals surface area contributed by atoms with Crippen LogP contribution >= 0.6 is 0 Å². The van der Waals surface area contributed by atoms with Gasteiger partial charge >= 0.3 is 6.18 Å². The summed E-state index contributed by atoms with van der Waals surface area (Å²) < 4.78 is 35.5. The Kier molecular flexibility index (Phi) is 5.87. The number of para-hydroxylation sites is 1. The summed E-state index contributed by atoms with van der Waals surface area (Å²) in [7, 11) is 0. The average Bonchev–Trinajstić information content (AvgIpc) is 2.28. The van der Waals surface area contributed by atoms with Gasteiger partial charge < -0.3 is 5.32 Å². The molecule has 0 unspecified atom stereocenters. The third kappa shape index (κ3) is 7.66. The third-order valence-electron chi connectivity index (χ3n) is 2.49. The summed E-state index contributed by atoms with van der Waals surface area (Å²) in [6, 6.07) is 9.80. The maximum absolute atomic E-state index is 11.8. The summed E-state index contributed by atoms with van der Waals surface area (Å²) in [5.41, 5.74) is 1.06. The van der Waals surface area contributed by atoms with Crippen molar-refractivity contribution in [2.75, 3.05) is 11.9 Å². The van der Waals surface area contributed by atoms with Gasteiger partial charge in [0, 0.05) is 18.7 Å². The molecule has 0 saturated carbocycles. The first-order valence-electron chi connectivity index (χ1n) is 5.93. The van der Waals surface area contributed by atoms with Gasteiger partial charge in [0.15, 0.2) is 0 Å². The fraction of sp³-hybridized carbons (Fsp3) is 0.538. The fourth-order valence-corrected chi connectivity index (χ4v) is 1.59. The van der Waals surface area contributed by atoms with Crippen LogP contribution < -0.4 is 5.32 Å². The lowest BCUT2D eigenvalue weighted by Gasteiger charge is -2.07. The summed E-state index contributed by atoms with van der Waals surface area (Å²) in [6.45, 7) is 0.816. The van der Waals surface area contributed by atoms with Gasteiger partial charge in [-0.2, -0.15) is 13.2 Å². The Morgan fingerprint density at radius 1 is 0.882 bits per heavy atom. The summed E-state index contributed by atoms with van der Waals surface area (Å²) in [4.78, 5) is 0. The smallest absolute Gasteiger partial charge is 0.385 e. The Balaban J connectivity index is 1.95. The Morgan fingerprint density at radius 3 is 2.18 bits per heavy atom. The maximum atomic E-state index is 11.8. The average molecular weight is 245 g/mol. The Hall–Kier alpha value is -1.19. The zero-order chi connectivity index (χ0) is 12.6. The lowest BCUT2D eigenvalue weighted by Crippen LogP contribution is -2.06. The molecule has 4 heteroatoms. The van der Waals surface area contributed by atoms with Gasteiger partial charge in [0.25, 0.3) is 0 Å². The molecule has 1 nitrogen and oxygen atoms in total. The number of halogens is 3. The molecular formula is C13H18F3N. The lowest BCUT2D eigenvalue weighted by molar-refractivity contribution is -0.135. The van der Waals surface area contributed by atoms with Crippen LogP contribution in [-0.2, 0) is 0 Å². The third-order valence-corrected chi connectivity index (χ3v) is 2.49. The number of rotatable bonds is 7. The molecule has 1 aromatic carbocycles. The van der Waals surface area contributed by atoms with Crippen molar-refractivity contribution in [2.24, 2.45) is 0 Å². The molecule has 0 bridgehead atoms. The normalized spacial score (nSPS) is 11.5. The van der Waals surface area contributed by atoms with Gasteiger partial charge in [0.05, 0.1) is 0 Å². The van der Waals surface area contributed by atoms with Gasteiger partial charge in [-0.1, -0.05) is 31.0 Å². The molecular weight excluding hydrogens is 227 g/mol. The van der Waals surface area contributed by atoms with Crippen molar-refractivity contribution in [3.8, 4) is 0 Å². The van der Waals surface area contributed by atoms with E-state index in [1.54, 1.807) is 0 Å². The SMILES string of the molecule is FC(F)(F)CCCCCCNc1ccccc1. The Morgan fingerprint density at radius 2 is 1.53 bits per heavy atom. The molecule has 0 saturated heterocycles. The Labute approximate surface area is 100 Å². The summed E-state index contributed by atoms with van der Waals surface area (Å²) in [6.07, 6.45) is -2.01. The monoisotopic (exact) mass is 245 g/mol. The van der Waals surface area contributed by atoms with Crippen molar-refractivity contribution in [2.45, 2.75) is 38.3 Å². The zero-order valence-electron chi connectivity index (χ0n) is 9.76. The van der Waals surface area contributed by atoms with Crippen LogP contribution in [0.15, 0.2) is 30.3 Å². The van der Waals surface area contributed by atoms with Crippen molar-refractivity contribution in [1.29, 1.82) is 0 Å². The molecule has 0 heterocycles. The van der Waals surface area contributed by atoms with Crippen LogP contribution in [0.3, 0.4) is 0 Å². The molecule has 1 aromatic rings. The molecule has 17 heavy (non-hydrogen) atoms. The second kappa shape index (κ2) is 7.20. The zero-order valence-corrected chi connectivity index (χ0v) is 9.76. The van der Waals surface area contributed by atoms with E-state index in [1.807, 2.05) is 30.3 Å². The quantitative estimate of drug-likeness (QED) is 0.691. The van der Waals surface area contributed by atoms with Crippen LogP contribution in [-0.4, -0.2) is 12.7 Å². The second-order valence-electron chi connectivity index (χ2n) is 4.07. The highest BCUT2D eigenvalue weighted by Crippen LogP contribution is 2.22. The Bertz CT molecular complexity index is 295. The van der Waals surface area contributed by atoms with Crippen LogP contribution in [0.2, 0.25) is 0 Å². The highest BCUT2D eigenvalue weighted by Gasteiger charge is 2.25. The molecule has 0 fully saturated rings. The predicted molar refractivity (Wildman–Crippen MR) is 64.1 cm³/mol. The summed E-state index contributed by atoms with van der Waals surface area (Å²) in [5, 5.41) is 3.23. The van der Waals surface area contributed by atoms with E-state index in [0.717, 1.165) is 25.1 Å². The molecule has 0 radical (unpaired) electrons. The minimum atomic E-state index is -4.00. The molecule has 0 amide bonds. The number of unbranched alkanes of at least 4 members (excludes halogenated alkanes) is 3. The van der Waals surface area contributed by atoms with Crippen molar-refractivity contribution in [3.05, 3.63) is 30.3 Å². The number of nitrogens with one attached hydrogen (secondary N) is 1. The van der Waals surface area contributed by atoms with Crippen molar-refractivity contribution in [1.82, 2.24) is 0 Å². The summed E-state index contributed by atoms with van der Waals surface area (Å²) >= 11 is 0. The van der Waals surface area contributed by atoms with E-state index in [2.05, 4.69) is 5.32 Å². The highest BCUT2D eigenvalue weighted by atomic mass is 19.4. The van der Waals surface area contributed by atoms with Crippen LogP contribution in [0.5, 0.6) is 0 Å². The van der Waals surface area contributed by atoms with Crippen molar-refractivity contribution < 1.29 is 13.2 Å².